The van der Waals surface area contributed by atoms with Crippen molar-refractivity contribution in [1.82, 2.24) is 5.32 Å². The zero-order valence-electron chi connectivity index (χ0n) is 9.59. The lowest BCUT2D eigenvalue weighted by molar-refractivity contribution is 0.559. The van der Waals surface area contributed by atoms with Crippen LogP contribution in [-0.4, -0.2) is 6.54 Å². The topological polar surface area (TPSA) is 35.8 Å². The number of nitrogens with one attached hydrogen (secondary N) is 1. The predicted octanol–water partition coefficient (Wildman–Crippen LogP) is 3.65. The van der Waals surface area contributed by atoms with E-state index in [1.807, 2.05) is 6.92 Å². The van der Waals surface area contributed by atoms with Crippen molar-refractivity contribution in [2.24, 2.45) is 5.92 Å². The maximum absolute atomic E-state index is 8.82. The van der Waals surface area contributed by atoms with Crippen LogP contribution in [0.15, 0.2) is 35.0 Å². The molecule has 0 aliphatic carbocycles. The van der Waals surface area contributed by atoms with Gasteiger partial charge in [-0.3, -0.25) is 0 Å². The number of hydrogen-bond donors (Lipinski definition) is 1. The Morgan fingerprint density at radius 3 is 2.24 bits per heavy atom. The molecule has 0 fully saturated rings. The summed E-state index contributed by atoms with van der Waals surface area (Å²) >= 11 is 3.50. The van der Waals surface area contributed by atoms with E-state index in [1.54, 1.807) is 22.7 Å². The molecule has 1 atom stereocenters. The van der Waals surface area contributed by atoms with Crippen molar-refractivity contribution >= 4 is 22.7 Å². The second kappa shape index (κ2) is 5.97. The Balaban J connectivity index is 2.12. The average Bonchev–Trinajstić information content (AvgIpc) is 3.01. The van der Waals surface area contributed by atoms with Gasteiger partial charge >= 0.3 is 0 Å². The summed E-state index contributed by atoms with van der Waals surface area (Å²) in [6.45, 7) is 2.66. The number of hydrogen-bond acceptors (Lipinski definition) is 4. The molecule has 2 aromatic heterocycles. The molecule has 0 aliphatic rings. The van der Waals surface area contributed by atoms with Crippen molar-refractivity contribution in [3.05, 3.63) is 44.8 Å². The number of nitrogens with zero attached hydrogens (tertiary/aromatic N) is 1. The van der Waals surface area contributed by atoms with Crippen LogP contribution < -0.4 is 5.32 Å². The van der Waals surface area contributed by atoms with Crippen LogP contribution in [0.4, 0.5) is 0 Å². The minimum atomic E-state index is 0.0393. The van der Waals surface area contributed by atoms with Gasteiger partial charge in [0.1, 0.15) is 0 Å². The normalized spacial score (nSPS) is 12.5. The molecule has 2 heterocycles. The summed E-state index contributed by atoms with van der Waals surface area (Å²) in [5.41, 5.74) is 0. The second-order valence-corrected chi connectivity index (χ2v) is 5.86. The molecule has 0 bridgehead atoms. The Morgan fingerprint density at radius 1 is 1.24 bits per heavy atom. The predicted molar refractivity (Wildman–Crippen MR) is 73.3 cm³/mol. The van der Waals surface area contributed by atoms with E-state index in [2.05, 4.69) is 46.4 Å². The zero-order valence-corrected chi connectivity index (χ0v) is 11.2. The maximum Gasteiger partial charge on any atom is 0.0765 e. The Labute approximate surface area is 110 Å². The molecule has 2 rings (SSSR count). The lowest BCUT2D eigenvalue weighted by atomic mass is 10.1. The Kier molecular flexibility index (Phi) is 4.32. The van der Waals surface area contributed by atoms with Gasteiger partial charge in [-0.15, -0.1) is 22.7 Å². The standard InChI is InChI=1S/C13H14N2S2/c1-10(8-14)9-15-13(11-4-2-6-16-11)12-5-3-7-17-12/h2-7,10,13,15H,9H2,1H3. The van der Waals surface area contributed by atoms with Crippen LogP contribution in [0.25, 0.3) is 0 Å². The molecule has 0 radical (unpaired) electrons. The first kappa shape index (κ1) is 12.3. The molecule has 17 heavy (non-hydrogen) atoms. The summed E-state index contributed by atoms with van der Waals surface area (Å²) in [5, 5.41) is 16.5. The summed E-state index contributed by atoms with van der Waals surface area (Å²) in [6, 6.07) is 10.9. The molecule has 0 spiro atoms. The molecule has 0 saturated carbocycles. The molecule has 1 unspecified atom stereocenters. The summed E-state index contributed by atoms with van der Waals surface area (Å²) in [5.74, 6) is 0.0393. The monoisotopic (exact) mass is 262 g/mol. The van der Waals surface area contributed by atoms with Gasteiger partial charge in [0.2, 0.25) is 0 Å². The van der Waals surface area contributed by atoms with Gasteiger partial charge in [-0.1, -0.05) is 12.1 Å². The van der Waals surface area contributed by atoms with E-state index in [0.717, 1.165) is 6.54 Å². The molecular formula is C13H14N2S2. The SMILES string of the molecule is CC(C#N)CNC(c1cccs1)c1cccs1. The van der Waals surface area contributed by atoms with Gasteiger partial charge < -0.3 is 5.32 Å². The van der Waals surface area contributed by atoms with Crippen molar-refractivity contribution in [1.29, 1.82) is 5.26 Å². The molecule has 0 aromatic carbocycles. The van der Waals surface area contributed by atoms with E-state index >= 15 is 0 Å². The van der Waals surface area contributed by atoms with Crippen LogP contribution >= 0.6 is 22.7 Å². The fourth-order valence-corrected chi connectivity index (χ4v) is 3.30. The van der Waals surface area contributed by atoms with Crippen LogP contribution in [0, 0.1) is 17.2 Å². The average molecular weight is 262 g/mol. The molecule has 2 nitrogen and oxygen atoms in total. The van der Waals surface area contributed by atoms with Gasteiger partial charge in [-0.2, -0.15) is 5.26 Å². The highest BCUT2D eigenvalue weighted by Gasteiger charge is 2.16. The van der Waals surface area contributed by atoms with E-state index in [-0.39, 0.29) is 12.0 Å². The van der Waals surface area contributed by atoms with Crippen LogP contribution in [0.1, 0.15) is 22.7 Å². The minimum Gasteiger partial charge on any atom is -0.304 e. The first-order valence-electron chi connectivity index (χ1n) is 5.51. The van der Waals surface area contributed by atoms with Gasteiger partial charge in [0.25, 0.3) is 0 Å². The lowest BCUT2D eigenvalue weighted by Crippen LogP contribution is -2.25. The van der Waals surface area contributed by atoms with E-state index in [9.17, 15) is 0 Å². The summed E-state index contributed by atoms with van der Waals surface area (Å²) in [6.07, 6.45) is 0. The first-order valence-corrected chi connectivity index (χ1v) is 7.27. The lowest BCUT2D eigenvalue weighted by Gasteiger charge is -2.16. The van der Waals surface area contributed by atoms with Crippen molar-refractivity contribution in [2.45, 2.75) is 13.0 Å². The number of thiophene rings is 2. The Hall–Kier alpha value is -1.15. The summed E-state index contributed by atoms with van der Waals surface area (Å²) in [4.78, 5) is 2.61. The molecule has 0 saturated heterocycles. The fraction of sp³-hybridized carbons (Fsp3) is 0.308. The highest BCUT2D eigenvalue weighted by Crippen LogP contribution is 2.29. The minimum absolute atomic E-state index is 0.0393. The van der Waals surface area contributed by atoms with Crippen LogP contribution in [-0.2, 0) is 0 Å². The van der Waals surface area contributed by atoms with Crippen molar-refractivity contribution in [2.75, 3.05) is 6.54 Å². The van der Waals surface area contributed by atoms with Crippen molar-refractivity contribution in [3.8, 4) is 6.07 Å². The first-order chi connectivity index (χ1) is 8.31. The molecule has 2 aromatic rings. The fourth-order valence-electron chi connectivity index (χ4n) is 1.59. The maximum atomic E-state index is 8.82. The highest BCUT2D eigenvalue weighted by molar-refractivity contribution is 7.11. The zero-order chi connectivity index (χ0) is 12.1. The third-order valence-corrected chi connectivity index (χ3v) is 4.38. The summed E-state index contributed by atoms with van der Waals surface area (Å²) in [7, 11) is 0. The molecular weight excluding hydrogens is 248 g/mol. The molecule has 0 amide bonds. The van der Waals surface area contributed by atoms with E-state index in [1.165, 1.54) is 9.75 Å². The third kappa shape index (κ3) is 3.16. The highest BCUT2D eigenvalue weighted by atomic mass is 32.1. The van der Waals surface area contributed by atoms with Gasteiger partial charge in [0, 0.05) is 16.3 Å². The van der Waals surface area contributed by atoms with Gasteiger partial charge in [0.05, 0.1) is 18.0 Å². The van der Waals surface area contributed by atoms with Crippen LogP contribution in [0.3, 0.4) is 0 Å². The van der Waals surface area contributed by atoms with Crippen molar-refractivity contribution < 1.29 is 0 Å². The number of rotatable bonds is 5. The molecule has 1 N–H and O–H groups in total. The van der Waals surface area contributed by atoms with Gasteiger partial charge in [-0.25, -0.2) is 0 Å². The smallest absolute Gasteiger partial charge is 0.0765 e. The van der Waals surface area contributed by atoms with Crippen LogP contribution in [0.2, 0.25) is 0 Å². The quantitative estimate of drug-likeness (QED) is 0.893. The number of nitriles is 1. The van der Waals surface area contributed by atoms with Crippen LogP contribution in [0.5, 0.6) is 0 Å². The Morgan fingerprint density at radius 2 is 1.82 bits per heavy atom. The summed E-state index contributed by atoms with van der Waals surface area (Å²) < 4.78 is 0. The Bertz CT molecular complexity index is 434. The van der Waals surface area contributed by atoms with Gasteiger partial charge in [0.15, 0.2) is 0 Å². The third-order valence-electron chi connectivity index (χ3n) is 2.50. The van der Waals surface area contributed by atoms with E-state index in [0.29, 0.717) is 0 Å². The van der Waals surface area contributed by atoms with Crippen molar-refractivity contribution in [3.63, 3.8) is 0 Å². The molecule has 0 aliphatic heterocycles. The largest absolute Gasteiger partial charge is 0.304 e. The second-order valence-electron chi connectivity index (χ2n) is 3.90. The molecule has 88 valence electrons. The van der Waals surface area contributed by atoms with E-state index in [4.69, 9.17) is 5.26 Å². The van der Waals surface area contributed by atoms with E-state index < -0.39 is 0 Å². The van der Waals surface area contributed by atoms with Gasteiger partial charge in [-0.05, 0) is 29.8 Å². The molecule has 4 heteroatoms.